The van der Waals surface area contributed by atoms with Crippen LogP contribution in [0.5, 0.6) is 0 Å². The van der Waals surface area contributed by atoms with Crippen molar-refractivity contribution in [1.29, 1.82) is 0 Å². The third-order valence-corrected chi connectivity index (χ3v) is 3.77. The van der Waals surface area contributed by atoms with Crippen molar-refractivity contribution in [1.82, 2.24) is 10.6 Å². The van der Waals surface area contributed by atoms with Crippen molar-refractivity contribution in [2.24, 2.45) is 0 Å². The quantitative estimate of drug-likeness (QED) is 0.769. The maximum absolute atomic E-state index is 5.69. The number of hydrogen-bond acceptors (Lipinski definition) is 3. The standard InChI is InChI=1S/C16H26N2O/c1-16(2,14-6-4-3-5-7-14)13-18-9-8-15-12-17-10-11-19-15/h3-7,15,17-18H,8-13H2,1-2H3. The predicted molar refractivity (Wildman–Crippen MR) is 79.6 cm³/mol. The Morgan fingerprint density at radius 1 is 1.32 bits per heavy atom. The van der Waals surface area contributed by atoms with Gasteiger partial charge in [-0.05, 0) is 18.5 Å². The Balaban J connectivity index is 1.69. The molecule has 0 spiro atoms. The smallest absolute Gasteiger partial charge is 0.0712 e. The molecule has 0 aromatic heterocycles. The number of benzene rings is 1. The lowest BCUT2D eigenvalue weighted by Gasteiger charge is -2.27. The lowest BCUT2D eigenvalue weighted by molar-refractivity contribution is 0.0237. The Morgan fingerprint density at radius 2 is 2.11 bits per heavy atom. The fourth-order valence-electron chi connectivity index (χ4n) is 2.46. The fraction of sp³-hybridized carbons (Fsp3) is 0.625. The lowest BCUT2D eigenvalue weighted by Crippen LogP contribution is -2.41. The number of ether oxygens (including phenoxy) is 1. The van der Waals surface area contributed by atoms with Gasteiger partial charge in [0.2, 0.25) is 0 Å². The SMILES string of the molecule is CC(C)(CNCCC1CNCCO1)c1ccccc1. The van der Waals surface area contributed by atoms with Gasteiger partial charge in [0, 0.05) is 25.0 Å². The molecule has 106 valence electrons. The van der Waals surface area contributed by atoms with Gasteiger partial charge in [0.1, 0.15) is 0 Å². The first-order valence-electron chi connectivity index (χ1n) is 7.27. The van der Waals surface area contributed by atoms with E-state index in [0.717, 1.165) is 39.2 Å². The third-order valence-electron chi connectivity index (χ3n) is 3.77. The van der Waals surface area contributed by atoms with Gasteiger partial charge in [-0.1, -0.05) is 44.2 Å². The Morgan fingerprint density at radius 3 is 2.79 bits per heavy atom. The van der Waals surface area contributed by atoms with E-state index >= 15 is 0 Å². The zero-order chi connectivity index (χ0) is 13.6. The molecule has 19 heavy (non-hydrogen) atoms. The second-order valence-electron chi connectivity index (χ2n) is 5.91. The Hall–Kier alpha value is -0.900. The summed E-state index contributed by atoms with van der Waals surface area (Å²) < 4.78 is 5.69. The van der Waals surface area contributed by atoms with Gasteiger partial charge in [-0.25, -0.2) is 0 Å². The van der Waals surface area contributed by atoms with Crippen LogP contribution < -0.4 is 10.6 Å². The molecule has 0 radical (unpaired) electrons. The number of nitrogens with one attached hydrogen (secondary N) is 2. The van der Waals surface area contributed by atoms with Crippen molar-refractivity contribution in [2.45, 2.75) is 31.8 Å². The van der Waals surface area contributed by atoms with Gasteiger partial charge in [-0.2, -0.15) is 0 Å². The topological polar surface area (TPSA) is 33.3 Å². The van der Waals surface area contributed by atoms with Gasteiger partial charge in [-0.3, -0.25) is 0 Å². The van der Waals surface area contributed by atoms with Crippen LogP contribution in [0.4, 0.5) is 0 Å². The normalized spacial score (nSPS) is 20.4. The van der Waals surface area contributed by atoms with E-state index < -0.39 is 0 Å². The molecule has 1 fully saturated rings. The van der Waals surface area contributed by atoms with Crippen LogP contribution in [0.1, 0.15) is 25.8 Å². The fourth-order valence-corrected chi connectivity index (χ4v) is 2.46. The molecule has 2 N–H and O–H groups in total. The number of rotatable bonds is 6. The van der Waals surface area contributed by atoms with Gasteiger partial charge >= 0.3 is 0 Å². The molecule has 1 unspecified atom stereocenters. The van der Waals surface area contributed by atoms with E-state index in [9.17, 15) is 0 Å². The van der Waals surface area contributed by atoms with Crippen LogP contribution in [0.2, 0.25) is 0 Å². The first-order chi connectivity index (χ1) is 9.18. The highest BCUT2D eigenvalue weighted by Gasteiger charge is 2.20. The molecular formula is C16H26N2O. The predicted octanol–water partition coefficient (Wildman–Crippen LogP) is 1.93. The van der Waals surface area contributed by atoms with Crippen molar-refractivity contribution < 1.29 is 4.74 Å². The molecule has 0 amide bonds. The van der Waals surface area contributed by atoms with E-state index in [2.05, 4.69) is 54.8 Å². The van der Waals surface area contributed by atoms with Crippen LogP contribution in [0.15, 0.2) is 30.3 Å². The summed E-state index contributed by atoms with van der Waals surface area (Å²) in [7, 11) is 0. The summed E-state index contributed by atoms with van der Waals surface area (Å²) in [5.74, 6) is 0. The van der Waals surface area contributed by atoms with E-state index in [-0.39, 0.29) is 5.41 Å². The van der Waals surface area contributed by atoms with Crippen molar-refractivity contribution in [3.05, 3.63) is 35.9 Å². The first-order valence-corrected chi connectivity index (χ1v) is 7.27. The van der Waals surface area contributed by atoms with Crippen molar-refractivity contribution in [3.63, 3.8) is 0 Å². The summed E-state index contributed by atoms with van der Waals surface area (Å²) in [5.41, 5.74) is 1.56. The molecule has 0 aliphatic carbocycles. The second-order valence-corrected chi connectivity index (χ2v) is 5.91. The molecule has 3 nitrogen and oxygen atoms in total. The Bertz CT molecular complexity index is 358. The molecule has 1 aromatic rings. The average Bonchev–Trinajstić information content (AvgIpc) is 2.46. The molecule has 1 aromatic carbocycles. The molecule has 0 saturated carbocycles. The van der Waals surface area contributed by atoms with Crippen LogP contribution in [0.25, 0.3) is 0 Å². The molecule has 1 heterocycles. The maximum atomic E-state index is 5.69. The minimum atomic E-state index is 0.174. The highest BCUT2D eigenvalue weighted by atomic mass is 16.5. The van der Waals surface area contributed by atoms with Crippen molar-refractivity contribution in [3.8, 4) is 0 Å². The minimum absolute atomic E-state index is 0.174. The van der Waals surface area contributed by atoms with Crippen molar-refractivity contribution >= 4 is 0 Å². The van der Waals surface area contributed by atoms with Crippen LogP contribution in [-0.4, -0.2) is 38.9 Å². The zero-order valence-electron chi connectivity index (χ0n) is 12.1. The number of morpholine rings is 1. The molecular weight excluding hydrogens is 236 g/mol. The average molecular weight is 262 g/mol. The molecule has 0 bridgehead atoms. The van der Waals surface area contributed by atoms with Crippen molar-refractivity contribution in [2.75, 3.05) is 32.8 Å². The Labute approximate surface area is 116 Å². The largest absolute Gasteiger partial charge is 0.376 e. The third kappa shape index (κ3) is 4.60. The van der Waals surface area contributed by atoms with Gasteiger partial charge < -0.3 is 15.4 Å². The Kier molecular flexibility index (Phi) is 5.37. The molecule has 1 aliphatic rings. The van der Waals surface area contributed by atoms with Gasteiger partial charge in [0.05, 0.1) is 12.7 Å². The van der Waals surface area contributed by atoms with Gasteiger partial charge in [0.15, 0.2) is 0 Å². The summed E-state index contributed by atoms with van der Waals surface area (Å²) in [4.78, 5) is 0. The molecule has 2 rings (SSSR count). The van der Waals surface area contributed by atoms with Gasteiger partial charge in [-0.15, -0.1) is 0 Å². The summed E-state index contributed by atoms with van der Waals surface area (Å²) in [6.07, 6.45) is 1.46. The van der Waals surface area contributed by atoms with Crippen LogP contribution in [0, 0.1) is 0 Å². The van der Waals surface area contributed by atoms with Crippen LogP contribution in [0.3, 0.4) is 0 Å². The van der Waals surface area contributed by atoms with E-state index in [0.29, 0.717) is 6.10 Å². The summed E-state index contributed by atoms with van der Waals surface area (Å²) in [5, 5.41) is 6.93. The van der Waals surface area contributed by atoms with E-state index in [1.54, 1.807) is 0 Å². The highest BCUT2D eigenvalue weighted by molar-refractivity contribution is 5.23. The monoisotopic (exact) mass is 262 g/mol. The highest BCUT2D eigenvalue weighted by Crippen LogP contribution is 2.21. The summed E-state index contributed by atoms with van der Waals surface area (Å²) in [6, 6.07) is 10.7. The zero-order valence-corrected chi connectivity index (χ0v) is 12.1. The maximum Gasteiger partial charge on any atom is 0.0712 e. The molecule has 3 heteroatoms. The van der Waals surface area contributed by atoms with E-state index in [4.69, 9.17) is 4.74 Å². The lowest BCUT2D eigenvalue weighted by atomic mass is 9.84. The summed E-state index contributed by atoms with van der Waals surface area (Å²) >= 11 is 0. The van der Waals surface area contributed by atoms with Gasteiger partial charge in [0.25, 0.3) is 0 Å². The van der Waals surface area contributed by atoms with Crippen LogP contribution in [-0.2, 0) is 10.2 Å². The molecule has 1 atom stereocenters. The van der Waals surface area contributed by atoms with Crippen LogP contribution >= 0.6 is 0 Å². The number of hydrogen-bond donors (Lipinski definition) is 2. The van der Waals surface area contributed by atoms with E-state index in [1.807, 2.05) is 0 Å². The molecule has 1 aliphatic heterocycles. The second kappa shape index (κ2) is 7.04. The summed E-state index contributed by atoms with van der Waals surface area (Å²) in [6.45, 7) is 9.41. The first kappa shape index (κ1) is 14.5. The van der Waals surface area contributed by atoms with E-state index in [1.165, 1.54) is 5.56 Å². The molecule has 1 saturated heterocycles. The minimum Gasteiger partial charge on any atom is -0.376 e.